The third-order valence-electron chi connectivity index (χ3n) is 5.85. The van der Waals surface area contributed by atoms with E-state index in [0.717, 1.165) is 49.0 Å². The van der Waals surface area contributed by atoms with Crippen molar-refractivity contribution in [1.82, 2.24) is 15.5 Å². The predicted molar refractivity (Wildman–Crippen MR) is 125 cm³/mol. The predicted octanol–water partition coefficient (Wildman–Crippen LogP) is 3.77. The second-order valence-corrected chi connectivity index (χ2v) is 8.08. The van der Waals surface area contributed by atoms with Crippen LogP contribution in [0.4, 0.5) is 5.69 Å². The van der Waals surface area contributed by atoms with E-state index in [9.17, 15) is 4.79 Å². The van der Waals surface area contributed by atoms with Crippen molar-refractivity contribution >= 4 is 17.6 Å². The second-order valence-electron chi connectivity index (χ2n) is 8.08. The molecule has 0 spiro atoms. The number of guanidine groups is 1. The van der Waals surface area contributed by atoms with Crippen molar-refractivity contribution in [3.8, 4) is 0 Å². The maximum atomic E-state index is 12.2. The molecule has 7 heteroatoms. The molecule has 1 saturated heterocycles. The number of rotatable bonds is 9. The van der Waals surface area contributed by atoms with Gasteiger partial charge in [0.2, 0.25) is 5.91 Å². The average molecular weight is 426 g/mol. The first kappa shape index (κ1) is 22.9. The zero-order valence-corrected chi connectivity index (χ0v) is 18.9. The number of nitrogens with one attached hydrogen (secondary N) is 3. The summed E-state index contributed by atoms with van der Waals surface area (Å²) < 4.78 is 5.70. The molecule has 2 unspecified atom stereocenters. The molecule has 7 nitrogen and oxygen atoms in total. The second kappa shape index (κ2) is 11.6. The summed E-state index contributed by atoms with van der Waals surface area (Å²) >= 11 is 0. The van der Waals surface area contributed by atoms with Crippen LogP contribution in [0.2, 0.25) is 0 Å². The Morgan fingerprint density at radius 3 is 2.68 bits per heavy atom. The summed E-state index contributed by atoms with van der Waals surface area (Å²) in [7, 11) is 1.77. The van der Waals surface area contributed by atoms with Gasteiger partial charge in [0.25, 0.3) is 0 Å². The molecule has 1 aliphatic rings. The van der Waals surface area contributed by atoms with Gasteiger partial charge in [-0.1, -0.05) is 26.0 Å². The fourth-order valence-electron chi connectivity index (χ4n) is 3.75. The van der Waals surface area contributed by atoms with Crippen molar-refractivity contribution in [1.29, 1.82) is 0 Å². The van der Waals surface area contributed by atoms with Gasteiger partial charge in [-0.2, -0.15) is 0 Å². The summed E-state index contributed by atoms with van der Waals surface area (Å²) in [6.07, 6.45) is 5.02. The number of furan rings is 1. The number of anilines is 1. The van der Waals surface area contributed by atoms with Crippen LogP contribution >= 0.6 is 0 Å². The van der Waals surface area contributed by atoms with Gasteiger partial charge in [-0.05, 0) is 62.2 Å². The molecule has 1 aromatic heterocycles. The number of aliphatic imine (C=N–C) groups is 1. The SMILES string of the molecule is CCC(C)C(=O)Nc1cccc(CNC(=NC)NCC(c2ccco2)N2CCCC2)c1. The average Bonchev–Trinajstić information content (AvgIpc) is 3.50. The van der Waals surface area contributed by atoms with Gasteiger partial charge in [0.15, 0.2) is 5.96 Å². The van der Waals surface area contributed by atoms with E-state index in [1.54, 1.807) is 13.3 Å². The van der Waals surface area contributed by atoms with Crippen molar-refractivity contribution in [2.75, 3.05) is 32.0 Å². The summed E-state index contributed by atoms with van der Waals surface area (Å²) in [5.74, 6) is 1.78. The van der Waals surface area contributed by atoms with Crippen LogP contribution in [0.5, 0.6) is 0 Å². The Labute approximate surface area is 185 Å². The topological polar surface area (TPSA) is 81.9 Å². The van der Waals surface area contributed by atoms with E-state index in [4.69, 9.17) is 4.42 Å². The monoisotopic (exact) mass is 425 g/mol. The molecule has 3 N–H and O–H groups in total. The number of benzene rings is 1. The molecule has 3 rings (SSSR count). The van der Waals surface area contributed by atoms with Gasteiger partial charge in [0, 0.05) is 31.7 Å². The standard InChI is InChI=1S/C24H35N5O2/c1-4-18(2)23(30)28-20-10-7-9-19(15-20)16-26-24(25-3)27-17-21(22-11-8-14-31-22)29-12-5-6-13-29/h7-11,14-15,18,21H,4-6,12-13,16-17H2,1-3H3,(H,28,30)(H2,25,26,27). The van der Waals surface area contributed by atoms with Gasteiger partial charge >= 0.3 is 0 Å². The molecule has 2 heterocycles. The van der Waals surface area contributed by atoms with Gasteiger partial charge in [-0.15, -0.1) is 0 Å². The molecule has 1 fully saturated rings. The van der Waals surface area contributed by atoms with Gasteiger partial charge < -0.3 is 20.4 Å². The molecule has 168 valence electrons. The van der Waals surface area contributed by atoms with E-state index < -0.39 is 0 Å². The van der Waals surface area contributed by atoms with Crippen LogP contribution in [0.3, 0.4) is 0 Å². The number of carbonyl (C=O) groups excluding carboxylic acids is 1. The Balaban J connectivity index is 1.54. The largest absolute Gasteiger partial charge is 0.468 e. The lowest BCUT2D eigenvalue weighted by Crippen LogP contribution is -2.42. The number of hydrogen-bond acceptors (Lipinski definition) is 4. The van der Waals surface area contributed by atoms with E-state index in [1.807, 2.05) is 50.2 Å². The first-order valence-electron chi connectivity index (χ1n) is 11.2. The van der Waals surface area contributed by atoms with Crippen molar-refractivity contribution in [3.05, 3.63) is 54.0 Å². The Morgan fingerprint density at radius 2 is 2.00 bits per heavy atom. The van der Waals surface area contributed by atoms with Crippen LogP contribution in [0, 0.1) is 5.92 Å². The Kier molecular flexibility index (Phi) is 8.53. The molecular weight excluding hydrogens is 390 g/mol. The first-order chi connectivity index (χ1) is 15.1. The van der Waals surface area contributed by atoms with E-state index >= 15 is 0 Å². The van der Waals surface area contributed by atoms with Crippen molar-refractivity contribution in [3.63, 3.8) is 0 Å². The number of nitrogens with zero attached hydrogens (tertiary/aromatic N) is 2. The molecule has 31 heavy (non-hydrogen) atoms. The van der Waals surface area contributed by atoms with Crippen molar-refractivity contribution < 1.29 is 9.21 Å². The van der Waals surface area contributed by atoms with E-state index in [-0.39, 0.29) is 17.9 Å². The summed E-state index contributed by atoms with van der Waals surface area (Å²) in [6, 6.07) is 12.1. The minimum atomic E-state index is 0.00234. The minimum absolute atomic E-state index is 0.00234. The molecular formula is C24H35N5O2. The molecule has 0 aliphatic carbocycles. The van der Waals surface area contributed by atoms with Crippen molar-refractivity contribution in [2.45, 2.75) is 45.7 Å². The maximum Gasteiger partial charge on any atom is 0.227 e. The molecule has 2 aromatic rings. The third kappa shape index (κ3) is 6.59. The molecule has 0 saturated carbocycles. The molecule has 2 atom stereocenters. The van der Waals surface area contributed by atoms with Crippen LogP contribution in [-0.4, -0.2) is 43.4 Å². The lowest BCUT2D eigenvalue weighted by molar-refractivity contribution is -0.119. The Hall–Kier alpha value is -2.80. The third-order valence-corrected chi connectivity index (χ3v) is 5.85. The number of amides is 1. The highest BCUT2D eigenvalue weighted by Gasteiger charge is 2.25. The normalized spacial score (nSPS) is 16.7. The van der Waals surface area contributed by atoms with Gasteiger partial charge in [-0.3, -0.25) is 14.7 Å². The van der Waals surface area contributed by atoms with Gasteiger partial charge in [0.05, 0.1) is 12.3 Å². The van der Waals surface area contributed by atoms with E-state index in [1.165, 1.54) is 12.8 Å². The van der Waals surface area contributed by atoms with Crippen LogP contribution < -0.4 is 16.0 Å². The quantitative estimate of drug-likeness (QED) is 0.421. The highest BCUT2D eigenvalue weighted by molar-refractivity contribution is 5.92. The first-order valence-corrected chi connectivity index (χ1v) is 11.2. The van der Waals surface area contributed by atoms with E-state index in [0.29, 0.717) is 6.54 Å². The Morgan fingerprint density at radius 1 is 1.19 bits per heavy atom. The fraction of sp³-hybridized carbons (Fsp3) is 0.500. The smallest absolute Gasteiger partial charge is 0.227 e. The molecule has 1 amide bonds. The van der Waals surface area contributed by atoms with Crippen LogP contribution in [0.1, 0.15) is 50.5 Å². The molecule has 1 aromatic carbocycles. The summed E-state index contributed by atoms with van der Waals surface area (Å²) in [5.41, 5.74) is 1.89. The van der Waals surface area contributed by atoms with Crippen molar-refractivity contribution in [2.24, 2.45) is 10.9 Å². The van der Waals surface area contributed by atoms with Crippen LogP contribution in [0.25, 0.3) is 0 Å². The van der Waals surface area contributed by atoms with Gasteiger partial charge in [-0.25, -0.2) is 0 Å². The van der Waals surface area contributed by atoms with E-state index in [2.05, 4.69) is 25.8 Å². The van der Waals surface area contributed by atoms with Gasteiger partial charge in [0.1, 0.15) is 5.76 Å². The zero-order valence-electron chi connectivity index (χ0n) is 18.9. The lowest BCUT2D eigenvalue weighted by atomic mass is 10.1. The highest BCUT2D eigenvalue weighted by Crippen LogP contribution is 2.24. The number of hydrogen-bond donors (Lipinski definition) is 3. The number of carbonyl (C=O) groups is 1. The molecule has 0 bridgehead atoms. The summed E-state index contributed by atoms with van der Waals surface area (Å²) in [4.78, 5) is 19.0. The highest BCUT2D eigenvalue weighted by atomic mass is 16.3. The maximum absolute atomic E-state index is 12.2. The molecule has 1 aliphatic heterocycles. The number of likely N-dealkylation sites (tertiary alicyclic amines) is 1. The van der Waals surface area contributed by atoms with Crippen LogP contribution in [-0.2, 0) is 11.3 Å². The Bertz CT molecular complexity index is 843. The zero-order chi connectivity index (χ0) is 22.1. The summed E-state index contributed by atoms with van der Waals surface area (Å²) in [6.45, 7) is 7.47. The lowest BCUT2D eigenvalue weighted by Gasteiger charge is -2.26. The minimum Gasteiger partial charge on any atom is -0.468 e. The summed E-state index contributed by atoms with van der Waals surface area (Å²) in [5, 5.41) is 9.80. The fourth-order valence-corrected chi connectivity index (χ4v) is 3.75. The van der Waals surface area contributed by atoms with Crippen LogP contribution in [0.15, 0.2) is 52.1 Å². The molecule has 0 radical (unpaired) electrons.